The predicted molar refractivity (Wildman–Crippen MR) is 68.0 cm³/mol. The highest BCUT2D eigenvalue weighted by Crippen LogP contribution is 2.33. The molecule has 2 unspecified atom stereocenters. The van der Waals surface area contributed by atoms with Crippen LogP contribution in [0.15, 0.2) is 12.2 Å². The standard InChI is InChI=1S/C11H22NO6P/c1-9(2)10(13)6-7-17-11(8-12(3,4)5)18-19(14,15)16/h11H,1,6-8H2,2-5H3,(H-,14,15,16). The quantitative estimate of drug-likeness (QED) is 0.279. The highest BCUT2D eigenvalue weighted by molar-refractivity contribution is 7.44. The van der Waals surface area contributed by atoms with Crippen molar-refractivity contribution >= 4 is 13.6 Å². The van der Waals surface area contributed by atoms with E-state index in [2.05, 4.69) is 11.1 Å². The number of hydrogen-bond donors (Lipinski definition) is 1. The first-order valence-corrected chi connectivity index (χ1v) is 7.23. The number of nitrogens with zero attached hydrogens (tertiary/aromatic N) is 1. The smallest absolute Gasteiger partial charge is 0.267 e. The third-order valence-electron chi connectivity index (χ3n) is 2.06. The molecule has 8 heteroatoms. The van der Waals surface area contributed by atoms with Gasteiger partial charge in [0.1, 0.15) is 6.54 Å². The molecule has 2 atom stereocenters. The lowest BCUT2D eigenvalue weighted by molar-refractivity contribution is -0.876. The molecule has 0 aromatic carbocycles. The molecule has 0 saturated carbocycles. The summed E-state index contributed by atoms with van der Waals surface area (Å²) < 4.78 is 20.7. The van der Waals surface area contributed by atoms with Crippen LogP contribution in [0.1, 0.15) is 13.3 Å². The van der Waals surface area contributed by atoms with Gasteiger partial charge >= 0.3 is 0 Å². The Morgan fingerprint density at radius 1 is 1.47 bits per heavy atom. The molecule has 0 aliphatic heterocycles. The van der Waals surface area contributed by atoms with Crippen molar-refractivity contribution in [1.29, 1.82) is 0 Å². The van der Waals surface area contributed by atoms with Crippen molar-refractivity contribution in [2.24, 2.45) is 0 Å². The number of phosphoric ester groups is 1. The van der Waals surface area contributed by atoms with Gasteiger partial charge < -0.3 is 19.0 Å². The fourth-order valence-electron chi connectivity index (χ4n) is 1.21. The van der Waals surface area contributed by atoms with Gasteiger partial charge in [-0.05, 0) is 12.5 Å². The third-order valence-corrected chi connectivity index (χ3v) is 2.56. The Bertz CT molecular complexity index is 370. The summed E-state index contributed by atoms with van der Waals surface area (Å²) in [4.78, 5) is 30.7. The van der Waals surface area contributed by atoms with Gasteiger partial charge in [-0.2, -0.15) is 0 Å². The van der Waals surface area contributed by atoms with Crippen LogP contribution in [0, 0.1) is 0 Å². The molecule has 0 amide bonds. The van der Waals surface area contributed by atoms with Gasteiger partial charge in [-0.1, -0.05) is 6.58 Å². The van der Waals surface area contributed by atoms with Crippen LogP contribution in [-0.2, 0) is 18.6 Å². The van der Waals surface area contributed by atoms with E-state index in [0.29, 0.717) is 10.1 Å². The number of ether oxygens (including phenoxy) is 1. The molecular weight excluding hydrogens is 273 g/mol. The molecule has 19 heavy (non-hydrogen) atoms. The lowest BCUT2D eigenvalue weighted by Crippen LogP contribution is -2.43. The molecule has 0 rings (SSSR count). The first kappa shape index (κ1) is 18.4. The minimum absolute atomic E-state index is 0.00361. The number of likely N-dealkylation sites (N-methyl/N-ethyl adjacent to an activating group) is 1. The van der Waals surface area contributed by atoms with Gasteiger partial charge in [0.25, 0.3) is 7.82 Å². The second-order valence-electron chi connectivity index (χ2n) is 5.30. The Balaban J connectivity index is 4.39. The van der Waals surface area contributed by atoms with E-state index in [4.69, 9.17) is 9.63 Å². The van der Waals surface area contributed by atoms with Crippen LogP contribution in [0.5, 0.6) is 0 Å². The van der Waals surface area contributed by atoms with Crippen LogP contribution in [0.2, 0.25) is 0 Å². The molecule has 112 valence electrons. The van der Waals surface area contributed by atoms with E-state index >= 15 is 0 Å². The number of hydrogen-bond acceptors (Lipinski definition) is 5. The number of Topliss-reactive ketones (excluding diaryl/α,β-unsaturated/α-hetero) is 1. The number of carbonyl (C=O) groups excluding carboxylic acids is 1. The van der Waals surface area contributed by atoms with Gasteiger partial charge in [0, 0.05) is 6.42 Å². The fraction of sp³-hybridized carbons (Fsp3) is 0.727. The monoisotopic (exact) mass is 295 g/mol. The minimum atomic E-state index is -4.88. The van der Waals surface area contributed by atoms with E-state index in [1.807, 2.05) is 21.1 Å². The summed E-state index contributed by atoms with van der Waals surface area (Å²) in [6.07, 6.45) is -1.05. The van der Waals surface area contributed by atoms with Crippen LogP contribution in [0.25, 0.3) is 0 Å². The van der Waals surface area contributed by atoms with Crippen LogP contribution in [0.3, 0.4) is 0 Å². The second-order valence-corrected chi connectivity index (χ2v) is 6.45. The van der Waals surface area contributed by atoms with Gasteiger partial charge in [0.05, 0.1) is 27.7 Å². The van der Waals surface area contributed by atoms with Gasteiger partial charge in [0.15, 0.2) is 5.78 Å². The Hall–Kier alpha value is -0.560. The largest absolute Gasteiger partial charge is 0.756 e. The maximum Gasteiger partial charge on any atom is 0.267 e. The molecule has 0 bridgehead atoms. The lowest BCUT2D eigenvalue weighted by atomic mass is 10.2. The van der Waals surface area contributed by atoms with Crippen molar-refractivity contribution in [3.8, 4) is 0 Å². The first-order valence-electron chi connectivity index (χ1n) is 5.74. The zero-order valence-electron chi connectivity index (χ0n) is 11.8. The lowest BCUT2D eigenvalue weighted by Gasteiger charge is -2.31. The second kappa shape index (κ2) is 7.28. The van der Waals surface area contributed by atoms with E-state index < -0.39 is 14.1 Å². The number of phosphoric acid groups is 1. The summed E-state index contributed by atoms with van der Waals surface area (Å²) >= 11 is 0. The maximum atomic E-state index is 11.3. The van der Waals surface area contributed by atoms with E-state index in [1.54, 1.807) is 6.92 Å². The van der Waals surface area contributed by atoms with E-state index in [9.17, 15) is 14.3 Å². The topological polar surface area (TPSA) is 95.9 Å². The molecule has 0 saturated heterocycles. The summed E-state index contributed by atoms with van der Waals surface area (Å²) in [6.45, 7) is 5.28. The average molecular weight is 295 g/mol. The van der Waals surface area contributed by atoms with Gasteiger partial charge in [-0.3, -0.25) is 13.9 Å². The molecule has 7 nitrogen and oxygen atoms in total. The van der Waals surface area contributed by atoms with Crippen molar-refractivity contribution in [2.75, 3.05) is 34.3 Å². The third kappa shape index (κ3) is 11.0. The van der Waals surface area contributed by atoms with Crippen LogP contribution in [-0.4, -0.2) is 55.7 Å². The average Bonchev–Trinajstić information content (AvgIpc) is 2.11. The molecule has 0 spiro atoms. The van der Waals surface area contributed by atoms with Crippen molar-refractivity contribution in [3.63, 3.8) is 0 Å². The summed E-state index contributed by atoms with van der Waals surface area (Å²) in [6, 6.07) is 0. The molecule has 0 aromatic heterocycles. The normalized spacial score (nSPS) is 16.7. The highest BCUT2D eigenvalue weighted by atomic mass is 31.2. The first-order chi connectivity index (χ1) is 8.41. The minimum Gasteiger partial charge on any atom is -0.756 e. The van der Waals surface area contributed by atoms with Crippen LogP contribution >= 0.6 is 7.82 Å². The molecule has 0 aromatic rings. The molecular formula is C11H22NO6P. The van der Waals surface area contributed by atoms with Crippen molar-refractivity contribution in [1.82, 2.24) is 0 Å². The Morgan fingerprint density at radius 3 is 2.37 bits per heavy atom. The van der Waals surface area contributed by atoms with Crippen LogP contribution in [0.4, 0.5) is 0 Å². The van der Waals surface area contributed by atoms with Crippen molar-refractivity contribution in [2.45, 2.75) is 19.6 Å². The Morgan fingerprint density at radius 2 is 2.00 bits per heavy atom. The number of allylic oxidation sites excluding steroid dienone is 1. The summed E-state index contributed by atoms with van der Waals surface area (Å²) in [5.74, 6) is -0.168. The molecule has 0 fully saturated rings. The molecule has 0 heterocycles. The fourth-order valence-corrected chi connectivity index (χ4v) is 1.63. The van der Waals surface area contributed by atoms with E-state index in [1.165, 1.54) is 0 Å². The highest BCUT2D eigenvalue weighted by Gasteiger charge is 2.23. The Kier molecular flexibility index (Phi) is 7.07. The zero-order valence-corrected chi connectivity index (χ0v) is 12.7. The zero-order chi connectivity index (χ0) is 15.3. The summed E-state index contributed by atoms with van der Waals surface area (Å²) in [7, 11) is 0.556. The number of carbonyl (C=O) groups is 1. The van der Waals surface area contributed by atoms with Crippen LogP contribution < -0.4 is 4.89 Å². The van der Waals surface area contributed by atoms with Crippen molar-refractivity contribution < 1.29 is 32.9 Å². The number of quaternary nitrogens is 1. The van der Waals surface area contributed by atoms with Gasteiger partial charge in [0.2, 0.25) is 6.29 Å². The van der Waals surface area contributed by atoms with E-state index in [0.717, 1.165) is 0 Å². The van der Waals surface area contributed by atoms with E-state index in [-0.39, 0.29) is 25.4 Å². The molecule has 0 aliphatic rings. The molecule has 1 N–H and O–H groups in total. The van der Waals surface area contributed by atoms with Crippen molar-refractivity contribution in [3.05, 3.63) is 12.2 Å². The molecule has 0 radical (unpaired) electrons. The summed E-state index contributed by atoms with van der Waals surface area (Å²) in [5.41, 5.74) is 0.407. The number of ketones is 1. The summed E-state index contributed by atoms with van der Waals surface area (Å²) in [5, 5.41) is 0. The van der Waals surface area contributed by atoms with Gasteiger partial charge in [-0.15, -0.1) is 0 Å². The molecule has 0 aliphatic carbocycles. The predicted octanol–water partition coefficient (Wildman–Crippen LogP) is 0.0479. The van der Waals surface area contributed by atoms with Gasteiger partial charge in [-0.25, -0.2) is 0 Å². The maximum absolute atomic E-state index is 11.3. The SMILES string of the molecule is C=C(C)C(=O)CCOC(C[N+](C)(C)C)OP(=O)([O-])O. The Labute approximate surface area is 113 Å². The number of rotatable bonds is 9.